The average Bonchev–Trinajstić information content (AvgIpc) is 2.48. The van der Waals surface area contributed by atoms with E-state index in [-0.39, 0.29) is 5.78 Å². The lowest BCUT2D eigenvalue weighted by Crippen LogP contribution is -1.99. The molecule has 21 heavy (non-hydrogen) atoms. The van der Waals surface area contributed by atoms with Crippen LogP contribution in [0.2, 0.25) is 0 Å². The number of hydrogen-bond acceptors (Lipinski definition) is 3. The fourth-order valence-corrected chi connectivity index (χ4v) is 2.14. The van der Waals surface area contributed by atoms with Gasteiger partial charge in [0.05, 0.1) is 0 Å². The van der Waals surface area contributed by atoms with E-state index in [4.69, 9.17) is 10.5 Å². The van der Waals surface area contributed by atoms with E-state index in [2.05, 4.69) is 19.1 Å². The molecular weight excluding hydrogens is 262 g/mol. The zero-order valence-electron chi connectivity index (χ0n) is 12.6. The molecule has 0 radical (unpaired) electrons. The number of benzene rings is 2. The Bertz CT molecular complexity index is 618. The summed E-state index contributed by atoms with van der Waals surface area (Å²) >= 11 is 0. The molecule has 3 nitrogen and oxygen atoms in total. The molecule has 0 aliphatic heterocycles. The van der Waals surface area contributed by atoms with Crippen molar-refractivity contribution in [3.8, 4) is 11.5 Å². The van der Waals surface area contributed by atoms with Crippen LogP contribution in [0.5, 0.6) is 11.5 Å². The van der Waals surface area contributed by atoms with Crippen LogP contribution in [0, 0.1) is 0 Å². The molecule has 0 saturated heterocycles. The van der Waals surface area contributed by atoms with Crippen molar-refractivity contribution in [3.05, 3.63) is 53.6 Å². The van der Waals surface area contributed by atoms with Crippen LogP contribution in [0.25, 0.3) is 0 Å². The summed E-state index contributed by atoms with van der Waals surface area (Å²) in [5, 5.41) is 0. The third-order valence-electron chi connectivity index (χ3n) is 3.38. The maximum atomic E-state index is 11.5. The number of anilines is 1. The number of ketones is 1. The zero-order chi connectivity index (χ0) is 15.2. The van der Waals surface area contributed by atoms with E-state index in [0.29, 0.717) is 17.0 Å². The van der Waals surface area contributed by atoms with Crippen molar-refractivity contribution in [1.82, 2.24) is 0 Å². The predicted octanol–water partition coefficient (Wildman–Crippen LogP) is 4.61. The highest BCUT2D eigenvalue weighted by Gasteiger charge is 2.07. The first-order valence-electron chi connectivity index (χ1n) is 7.27. The standard InChI is InChI=1S/C18H21NO2/c1-3-4-5-14-6-8-15(9-7-14)21-16-10-11-18(19)17(12-16)13(2)20/h6-12H,3-5,19H2,1-2H3. The quantitative estimate of drug-likeness (QED) is 0.622. The van der Waals surface area contributed by atoms with Gasteiger partial charge in [-0.05, 0) is 55.7 Å². The van der Waals surface area contributed by atoms with E-state index in [1.165, 1.54) is 25.3 Å². The SMILES string of the molecule is CCCCc1ccc(Oc2ccc(N)c(C(C)=O)c2)cc1. The summed E-state index contributed by atoms with van der Waals surface area (Å²) in [6, 6.07) is 13.2. The first-order chi connectivity index (χ1) is 10.1. The van der Waals surface area contributed by atoms with Crippen LogP contribution in [-0.2, 0) is 6.42 Å². The molecule has 2 aromatic carbocycles. The number of hydrogen-bond donors (Lipinski definition) is 1. The first kappa shape index (κ1) is 15.1. The fraction of sp³-hybridized carbons (Fsp3) is 0.278. The predicted molar refractivity (Wildman–Crippen MR) is 86.0 cm³/mol. The molecule has 2 N–H and O–H groups in total. The van der Waals surface area contributed by atoms with Gasteiger partial charge in [-0.25, -0.2) is 0 Å². The molecule has 0 fully saturated rings. The van der Waals surface area contributed by atoms with Gasteiger partial charge in [0.2, 0.25) is 0 Å². The Morgan fingerprint density at radius 1 is 1.10 bits per heavy atom. The number of unbranched alkanes of at least 4 members (excludes halogenated alkanes) is 1. The second-order valence-corrected chi connectivity index (χ2v) is 5.15. The van der Waals surface area contributed by atoms with Crippen molar-refractivity contribution in [1.29, 1.82) is 0 Å². The van der Waals surface area contributed by atoms with Gasteiger partial charge < -0.3 is 10.5 Å². The van der Waals surface area contributed by atoms with Crippen molar-refractivity contribution in [3.63, 3.8) is 0 Å². The summed E-state index contributed by atoms with van der Waals surface area (Å²) in [5.41, 5.74) is 8.05. The Kier molecular flexibility index (Phi) is 4.99. The van der Waals surface area contributed by atoms with E-state index in [9.17, 15) is 4.79 Å². The van der Waals surface area contributed by atoms with Crippen molar-refractivity contribution in [2.24, 2.45) is 0 Å². The maximum Gasteiger partial charge on any atom is 0.162 e. The smallest absolute Gasteiger partial charge is 0.162 e. The average molecular weight is 283 g/mol. The van der Waals surface area contributed by atoms with E-state index in [1.54, 1.807) is 18.2 Å². The van der Waals surface area contributed by atoms with Gasteiger partial charge in [-0.3, -0.25) is 4.79 Å². The van der Waals surface area contributed by atoms with Gasteiger partial charge in [0, 0.05) is 11.3 Å². The second-order valence-electron chi connectivity index (χ2n) is 5.15. The molecule has 0 heterocycles. The van der Waals surface area contributed by atoms with Gasteiger partial charge in [-0.1, -0.05) is 25.5 Å². The summed E-state index contributed by atoms with van der Waals surface area (Å²) in [4.78, 5) is 11.5. The monoisotopic (exact) mass is 283 g/mol. The van der Waals surface area contributed by atoms with E-state index in [0.717, 1.165) is 12.2 Å². The van der Waals surface area contributed by atoms with E-state index < -0.39 is 0 Å². The van der Waals surface area contributed by atoms with Gasteiger partial charge in [0.15, 0.2) is 5.78 Å². The number of Topliss-reactive ketones (excluding diaryl/α,β-unsaturated/α-hetero) is 1. The van der Waals surface area contributed by atoms with Crippen molar-refractivity contribution < 1.29 is 9.53 Å². The van der Waals surface area contributed by atoms with Crippen LogP contribution >= 0.6 is 0 Å². The Labute approximate surface area is 125 Å². The van der Waals surface area contributed by atoms with Gasteiger partial charge in [0.25, 0.3) is 0 Å². The van der Waals surface area contributed by atoms with Crippen molar-refractivity contribution >= 4 is 11.5 Å². The highest BCUT2D eigenvalue weighted by Crippen LogP contribution is 2.26. The molecule has 0 spiro atoms. The molecular formula is C18H21NO2. The molecule has 0 atom stereocenters. The lowest BCUT2D eigenvalue weighted by molar-refractivity contribution is 0.101. The summed E-state index contributed by atoms with van der Waals surface area (Å²) in [6.45, 7) is 3.68. The number of carbonyl (C=O) groups is 1. The largest absolute Gasteiger partial charge is 0.457 e. The molecule has 0 aliphatic rings. The highest BCUT2D eigenvalue weighted by molar-refractivity contribution is 5.99. The third-order valence-corrected chi connectivity index (χ3v) is 3.38. The van der Waals surface area contributed by atoms with Crippen LogP contribution in [-0.4, -0.2) is 5.78 Å². The molecule has 0 aromatic heterocycles. The van der Waals surface area contributed by atoms with Gasteiger partial charge in [-0.2, -0.15) is 0 Å². The molecule has 0 amide bonds. The Morgan fingerprint density at radius 2 is 1.76 bits per heavy atom. The number of aryl methyl sites for hydroxylation is 1. The molecule has 110 valence electrons. The Balaban J connectivity index is 2.11. The minimum atomic E-state index is -0.0622. The summed E-state index contributed by atoms with van der Waals surface area (Å²) in [6.07, 6.45) is 3.48. The molecule has 0 saturated carbocycles. The van der Waals surface area contributed by atoms with Gasteiger partial charge in [-0.15, -0.1) is 0 Å². The van der Waals surface area contributed by atoms with Crippen LogP contribution in [0.1, 0.15) is 42.6 Å². The first-order valence-corrected chi connectivity index (χ1v) is 7.27. The number of rotatable bonds is 6. The molecule has 2 aromatic rings. The van der Waals surface area contributed by atoms with Gasteiger partial charge in [0.1, 0.15) is 11.5 Å². The van der Waals surface area contributed by atoms with Crippen LogP contribution < -0.4 is 10.5 Å². The number of nitrogen functional groups attached to an aromatic ring is 1. The Hall–Kier alpha value is -2.29. The lowest BCUT2D eigenvalue weighted by atomic mass is 10.1. The highest BCUT2D eigenvalue weighted by atomic mass is 16.5. The molecule has 0 unspecified atom stereocenters. The normalized spacial score (nSPS) is 10.4. The van der Waals surface area contributed by atoms with E-state index in [1.807, 2.05) is 12.1 Å². The minimum absolute atomic E-state index is 0.0622. The van der Waals surface area contributed by atoms with Crippen molar-refractivity contribution in [2.45, 2.75) is 33.1 Å². The minimum Gasteiger partial charge on any atom is -0.457 e. The third kappa shape index (κ3) is 4.09. The van der Waals surface area contributed by atoms with Crippen LogP contribution in [0.15, 0.2) is 42.5 Å². The van der Waals surface area contributed by atoms with Gasteiger partial charge >= 0.3 is 0 Å². The summed E-state index contributed by atoms with van der Waals surface area (Å²) in [7, 11) is 0. The molecule has 3 heteroatoms. The summed E-state index contributed by atoms with van der Waals surface area (Å²) < 4.78 is 5.78. The topological polar surface area (TPSA) is 52.3 Å². The lowest BCUT2D eigenvalue weighted by Gasteiger charge is -2.09. The summed E-state index contributed by atoms with van der Waals surface area (Å²) in [5.74, 6) is 1.32. The van der Waals surface area contributed by atoms with Crippen molar-refractivity contribution in [2.75, 3.05) is 5.73 Å². The van der Waals surface area contributed by atoms with Crippen LogP contribution in [0.4, 0.5) is 5.69 Å². The number of carbonyl (C=O) groups excluding carboxylic acids is 1. The Morgan fingerprint density at radius 3 is 2.38 bits per heavy atom. The molecule has 2 rings (SSSR count). The fourth-order valence-electron chi connectivity index (χ4n) is 2.14. The number of ether oxygens (including phenoxy) is 1. The van der Waals surface area contributed by atoms with E-state index >= 15 is 0 Å². The maximum absolute atomic E-state index is 11.5. The number of nitrogens with two attached hydrogens (primary N) is 1. The second kappa shape index (κ2) is 6.93. The molecule has 0 bridgehead atoms. The molecule has 0 aliphatic carbocycles. The zero-order valence-corrected chi connectivity index (χ0v) is 12.6. The van der Waals surface area contributed by atoms with Crippen LogP contribution in [0.3, 0.4) is 0 Å².